The van der Waals surface area contributed by atoms with Gasteiger partial charge in [0.15, 0.2) is 0 Å². The first-order chi connectivity index (χ1) is 18.6. The average Bonchev–Trinajstić information content (AvgIpc) is 2.92. The number of rotatable bonds is 7. The fourth-order valence-corrected chi connectivity index (χ4v) is 5.00. The summed E-state index contributed by atoms with van der Waals surface area (Å²) in [6, 6.07) is 12.5. The third-order valence-electron chi connectivity index (χ3n) is 6.55. The lowest BCUT2D eigenvalue weighted by atomic mass is 9.79. The van der Waals surface area contributed by atoms with Gasteiger partial charge in [0.1, 0.15) is 6.07 Å². The third kappa shape index (κ3) is 6.97. The number of alkyl halides is 3. The van der Waals surface area contributed by atoms with Gasteiger partial charge in [-0.1, -0.05) is 49.6 Å². The van der Waals surface area contributed by atoms with E-state index in [9.17, 15) is 27.4 Å². The van der Waals surface area contributed by atoms with Crippen LogP contribution in [0.3, 0.4) is 0 Å². The van der Waals surface area contributed by atoms with Crippen molar-refractivity contribution in [1.29, 1.82) is 5.26 Å². The van der Waals surface area contributed by atoms with E-state index in [1.807, 2.05) is 6.07 Å². The number of carbonyl (C=O) groups excluding carboxylic acids is 1. The van der Waals surface area contributed by atoms with Gasteiger partial charge in [-0.3, -0.25) is 4.55 Å². The minimum absolute atomic E-state index is 0.0299. The summed E-state index contributed by atoms with van der Waals surface area (Å²) in [5, 5.41) is 14.6. The van der Waals surface area contributed by atoms with Gasteiger partial charge >= 0.3 is 12.2 Å². The molecule has 4 rings (SSSR count). The minimum Gasteiger partial charge on any atom is -0.327 e. The largest absolute Gasteiger partial charge is 0.417 e. The predicted octanol–water partition coefficient (Wildman–Crippen LogP) is 5.24. The van der Waals surface area contributed by atoms with Crippen molar-refractivity contribution in [3.63, 3.8) is 0 Å². The van der Waals surface area contributed by atoms with Crippen molar-refractivity contribution in [3.8, 4) is 17.2 Å². The quantitative estimate of drug-likeness (QED) is 0.292. The number of nitriles is 1. The number of anilines is 1. The Bertz CT molecular complexity index is 1400. The van der Waals surface area contributed by atoms with Crippen LogP contribution in [-0.4, -0.2) is 24.8 Å². The molecule has 1 saturated carbocycles. The van der Waals surface area contributed by atoms with E-state index < -0.39 is 34.6 Å². The summed E-state index contributed by atoms with van der Waals surface area (Å²) >= 11 is -2.21. The lowest BCUT2D eigenvalue weighted by Gasteiger charge is -2.37. The van der Waals surface area contributed by atoms with Crippen LogP contribution in [0.4, 0.5) is 23.7 Å². The van der Waals surface area contributed by atoms with Gasteiger partial charge in [0.25, 0.3) is 0 Å². The molecule has 0 aliphatic heterocycles. The van der Waals surface area contributed by atoms with Crippen LogP contribution in [0.15, 0.2) is 54.7 Å². The SMILES string of the molecule is N#Cc1nccc(C2(NC(=O)Nc3ccc(-c4ccc(CNS(=O)O)cc4)c(C(F)(F)F)c3)CCCCC2)n1. The van der Waals surface area contributed by atoms with E-state index in [0.717, 1.165) is 25.3 Å². The van der Waals surface area contributed by atoms with Crippen LogP contribution in [0.25, 0.3) is 11.1 Å². The van der Waals surface area contributed by atoms with E-state index in [0.29, 0.717) is 29.7 Å². The van der Waals surface area contributed by atoms with Crippen molar-refractivity contribution in [2.24, 2.45) is 0 Å². The molecule has 204 valence electrons. The average molecular weight is 559 g/mol. The van der Waals surface area contributed by atoms with E-state index >= 15 is 0 Å². The number of urea groups is 1. The van der Waals surface area contributed by atoms with Gasteiger partial charge in [-0.05, 0) is 47.7 Å². The Labute approximate surface area is 225 Å². The van der Waals surface area contributed by atoms with Gasteiger partial charge in [0.2, 0.25) is 17.1 Å². The van der Waals surface area contributed by atoms with E-state index in [1.165, 1.54) is 30.5 Å². The molecule has 13 heteroatoms. The number of amides is 2. The van der Waals surface area contributed by atoms with Crippen LogP contribution >= 0.6 is 0 Å². The normalized spacial score (nSPS) is 15.7. The Hall–Kier alpha value is -3.86. The molecular weight excluding hydrogens is 533 g/mol. The molecule has 0 saturated heterocycles. The highest BCUT2D eigenvalue weighted by Gasteiger charge is 2.38. The molecule has 1 atom stereocenters. The molecule has 2 aromatic carbocycles. The molecule has 0 spiro atoms. The molecule has 0 radical (unpaired) electrons. The molecule has 1 heterocycles. The highest BCUT2D eigenvalue weighted by Crippen LogP contribution is 2.39. The van der Waals surface area contributed by atoms with E-state index in [-0.39, 0.29) is 23.6 Å². The second-order valence-corrected chi connectivity index (χ2v) is 9.91. The van der Waals surface area contributed by atoms with Crippen LogP contribution < -0.4 is 15.4 Å². The van der Waals surface area contributed by atoms with Crippen molar-refractivity contribution in [2.75, 3.05) is 5.32 Å². The lowest BCUT2D eigenvalue weighted by molar-refractivity contribution is -0.137. The molecular formula is C26H25F3N6O3S. The molecule has 0 bridgehead atoms. The molecule has 2 amide bonds. The number of benzene rings is 2. The predicted molar refractivity (Wildman–Crippen MR) is 138 cm³/mol. The second kappa shape index (κ2) is 11.9. The number of carbonyl (C=O) groups is 1. The summed E-state index contributed by atoms with van der Waals surface area (Å²) < 4.78 is 64.0. The molecule has 9 nitrogen and oxygen atoms in total. The minimum atomic E-state index is -4.70. The first-order valence-electron chi connectivity index (χ1n) is 12.1. The molecule has 1 unspecified atom stereocenters. The summed E-state index contributed by atoms with van der Waals surface area (Å²) in [7, 11) is 0. The van der Waals surface area contributed by atoms with Gasteiger partial charge in [-0.15, -0.1) is 0 Å². The summed E-state index contributed by atoms with van der Waals surface area (Å²) in [5.41, 5.74) is -0.516. The van der Waals surface area contributed by atoms with Gasteiger partial charge in [-0.2, -0.15) is 18.4 Å². The number of nitrogens with zero attached hydrogens (tertiary/aromatic N) is 3. The lowest BCUT2D eigenvalue weighted by Crippen LogP contribution is -2.49. The fraction of sp³-hybridized carbons (Fsp3) is 0.308. The summed E-state index contributed by atoms with van der Waals surface area (Å²) in [4.78, 5) is 21.2. The van der Waals surface area contributed by atoms with Crippen molar-refractivity contribution >= 4 is 23.0 Å². The third-order valence-corrected chi connectivity index (χ3v) is 6.94. The first-order valence-corrected chi connectivity index (χ1v) is 13.2. The Morgan fingerprint density at radius 1 is 1.10 bits per heavy atom. The van der Waals surface area contributed by atoms with Gasteiger partial charge in [-0.25, -0.2) is 23.7 Å². The highest BCUT2D eigenvalue weighted by molar-refractivity contribution is 7.77. The smallest absolute Gasteiger partial charge is 0.327 e. The molecule has 1 aromatic heterocycles. The summed E-state index contributed by atoms with van der Waals surface area (Å²) in [6.07, 6.45) is 0.468. The van der Waals surface area contributed by atoms with Crippen LogP contribution in [0, 0.1) is 11.3 Å². The van der Waals surface area contributed by atoms with Crippen molar-refractivity contribution < 1.29 is 26.7 Å². The molecule has 1 aliphatic carbocycles. The molecule has 1 fully saturated rings. The van der Waals surface area contributed by atoms with Crippen molar-refractivity contribution in [2.45, 2.75) is 50.4 Å². The van der Waals surface area contributed by atoms with Gasteiger partial charge in [0, 0.05) is 18.4 Å². The van der Waals surface area contributed by atoms with Crippen molar-refractivity contribution in [3.05, 3.63) is 77.4 Å². The van der Waals surface area contributed by atoms with Crippen LogP contribution in [-0.2, 0) is 29.5 Å². The van der Waals surface area contributed by atoms with Crippen molar-refractivity contribution in [1.82, 2.24) is 20.0 Å². The zero-order chi connectivity index (χ0) is 28.0. The summed E-state index contributed by atoms with van der Waals surface area (Å²) in [5.74, 6) is -0.0299. The van der Waals surface area contributed by atoms with E-state index in [1.54, 1.807) is 18.2 Å². The Balaban J connectivity index is 1.57. The standard InChI is InChI=1S/C26H25F3N6O3S/c27-26(28,29)21-14-19(8-9-20(21)18-6-4-17(5-7-18)16-32-39(37)38)33-24(36)35-25(11-2-1-3-12-25)22-10-13-31-23(15-30)34-22/h4-10,13-14,32H,1-3,11-12,16H2,(H,37,38)(H2,33,35,36). The van der Waals surface area contributed by atoms with E-state index in [4.69, 9.17) is 4.55 Å². The highest BCUT2D eigenvalue weighted by atomic mass is 32.2. The van der Waals surface area contributed by atoms with Crippen LogP contribution in [0.1, 0.15) is 54.7 Å². The maximum absolute atomic E-state index is 14.0. The number of hydrogen-bond acceptors (Lipinski definition) is 5. The van der Waals surface area contributed by atoms with Gasteiger partial charge < -0.3 is 10.6 Å². The summed E-state index contributed by atoms with van der Waals surface area (Å²) in [6.45, 7) is 0.0712. The molecule has 39 heavy (non-hydrogen) atoms. The zero-order valence-electron chi connectivity index (χ0n) is 20.6. The maximum Gasteiger partial charge on any atom is 0.417 e. The molecule has 3 aromatic rings. The molecule has 4 N–H and O–H groups in total. The second-order valence-electron chi connectivity index (χ2n) is 9.12. The Morgan fingerprint density at radius 3 is 2.46 bits per heavy atom. The van der Waals surface area contributed by atoms with E-state index in [2.05, 4.69) is 25.3 Å². The maximum atomic E-state index is 14.0. The Morgan fingerprint density at radius 2 is 1.82 bits per heavy atom. The number of nitrogens with one attached hydrogen (secondary N) is 3. The zero-order valence-corrected chi connectivity index (χ0v) is 21.4. The Kier molecular flexibility index (Phi) is 8.59. The number of hydrogen-bond donors (Lipinski definition) is 4. The van der Waals surface area contributed by atoms with Gasteiger partial charge in [0.05, 0.1) is 16.8 Å². The topological polar surface area (TPSA) is 140 Å². The van der Waals surface area contributed by atoms with Crippen LogP contribution in [0.5, 0.6) is 0 Å². The monoisotopic (exact) mass is 558 g/mol. The number of aromatic nitrogens is 2. The van der Waals surface area contributed by atoms with Crippen LogP contribution in [0.2, 0.25) is 0 Å². The number of halogens is 3. The molecule has 1 aliphatic rings. The fourth-order valence-electron chi connectivity index (χ4n) is 4.71. The first kappa shape index (κ1) is 28.2.